The SMILES string of the molecule is COc1cccc(Oc2ccc(CNC(=O)c3nn(Cc4ccccc4)c(=O)c4ccccc34)cn2)c1. The van der Waals surface area contributed by atoms with Gasteiger partial charge in [0.2, 0.25) is 5.88 Å². The molecule has 3 aromatic carbocycles. The molecule has 1 amide bonds. The first-order chi connectivity index (χ1) is 18.1. The average molecular weight is 493 g/mol. The molecule has 0 aliphatic heterocycles. The Balaban J connectivity index is 1.32. The molecule has 0 atom stereocenters. The van der Waals surface area contributed by atoms with Gasteiger partial charge in [-0.05, 0) is 29.3 Å². The predicted octanol–water partition coefficient (Wildman–Crippen LogP) is 4.57. The summed E-state index contributed by atoms with van der Waals surface area (Å²) in [6.07, 6.45) is 1.64. The lowest BCUT2D eigenvalue weighted by atomic mass is 10.1. The Morgan fingerprint density at radius 2 is 1.62 bits per heavy atom. The molecule has 0 spiro atoms. The highest BCUT2D eigenvalue weighted by Crippen LogP contribution is 2.24. The van der Waals surface area contributed by atoms with E-state index in [9.17, 15) is 9.59 Å². The number of fused-ring (bicyclic) bond motifs is 1. The van der Waals surface area contributed by atoms with Crippen LogP contribution in [0.25, 0.3) is 10.8 Å². The summed E-state index contributed by atoms with van der Waals surface area (Å²) < 4.78 is 12.3. The van der Waals surface area contributed by atoms with Crippen molar-refractivity contribution in [2.45, 2.75) is 13.1 Å². The second-order valence-electron chi connectivity index (χ2n) is 8.31. The number of amides is 1. The minimum absolute atomic E-state index is 0.192. The molecule has 0 bridgehead atoms. The minimum Gasteiger partial charge on any atom is -0.497 e. The van der Waals surface area contributed by atoms with Gasteiger partial charge in [-0.15, -0.1) is 0 Å². The predicted molar refractivity (Wildman–Crippen MR) is 140 cm³/mol. The zero-order valence-electron chi connectivity index (χ0n) is 20.1. The van der Waals surface area contributed by atoms with Crippen molar-refractivity contribution >= 4 is 16.7 Å². The van der Waals surface area contributed by atoms with Crippen LogP contribution in [0.5, 0.6) is 17.4 Å². The highest BCUT2D eigenvalue weighted by molar-refractivity contribution is 6.04. The second-order valence-corrected chi connectivity index (χ2v) is 8.31. The Kier molecular flexibility index (Phi) is 6.89. The maximum Gasteiger partial charge on any atom is 0.274 e. The van der Waals surface area contributed by atoms with Crippen LogP contribution in [0.1, 0.15) is 21.6 Å². The van der Waals surface area contributed by atoms with E-state index in [4.69, 9.17) is 9.47 Å². The fraction of sp³-hybridized carbons (Fsp3) is 0.103. The van der Waals surface area contributed by atoms with Crippen molar-refractivity contribution in [1.82, 2.24) is 20.1 Å². The molecular formula is C29H24N4O4. The molecule has 1 N–H and O–H groups in total. The summed E-state index contributed by atoms with van der Waals surface area (Å²) in [4.78, 5) is 30.5. The van der Waals surface area contributed by atoms with Crippen LogP contribution in [-0.2, 0) is 13.1 Å². The number of carbonyl (C=O) groups is 1. The topological polar surface area (TPSA) is 95.3 Å². The van der Waals surface area contributed by atoms with Gasteiger partial charge in [0.25, 0.3) is 11.5 Å². The Morgan fingerprint density at radius 1 is 0.865 bits per heavy atom. The molecule has 0 aliphatic carbocycles. The molecule has 0 saturated heterocycles. The van der Waals surface area contributed by atoms with Crippen molar-refractivity contribution in [1.29, 1.82) is 0 Å². The van der Waals surface area contributed by atoms with Gasteiger partial charge in [-0.2, -0.15) is 5.10 Å². The van der Waals surface area contributed by atoms with Crippen molar-refractivity contribution in [2.24, 2.45) is 0 Å². The maximum absolute atomic E-state index is 13.2. The lowest BCUT2D eigenvalue weighted by Crippen LogP contribution is -2.30. The Labute approximate surface area is 213 Å². The standard InChI is InChI=1S/C29H24N4O4/c1-36-22-10-7-11-23(16-22)37-26-15-14-21(17-30-26)18-31-28(34)27-24-12-5-6-13-25(24)29(35)33(32-27)19-20-8-3-2-4-9-20/h2-17H,18-19H2,1H3,(H,31,34). The lowest BCUT2D eigenvalue weighted by molar-refractivity contribution is 0.0945. The summed E-state index contributed by atoms with van der Waals surface area (Å²) in [7, 11) is 1.59. The number of nitrogens with one attached hydrogen (secondary N) is 1. The number of methoxy groups -OCH3 is 1. The number of rotatable bonds is 8. The third-order valence-electron chi connectivity index (χ3n) is 5.77. The first-order valence-electron chi connectivity index (χ1n) is 11.7. The highest BCUT2D eigenvalue weighted by Gasteiger charge is 2.17. The monoisotopic (exact) mass is 492 g/mol. The second kappa shape index (κ2) is 10.7. The molecular weight excluding hydrogens is 468 g/mol. The lowest BCUT2D eigenvalue weighted by Gasteiger charge is -2.12. The number of hydrogen-bond donors (Lipinski definition) is 1. The number of carbonyl (C=O) groups excluding carboxylic acids is 1. The Bertz CT molecular complexity index is 1600. The van der Waals surface area contributed by atoms with Gasteiger partial charge in [-0.3, -0.25) is 9.59 Å². The largest absolute Gasteiger partial charge is 0.497 e. The van der Waals surface area contributed by atoms with Crippen LogP contribution in [0, 0.1) is 0 Å². The summed E-state index contributed by atoms with van der Waals surface area (Å²) in [5.74, 6) is 1.34. The number of nitrogens with zero attached hydrogens (tertiary/aromatic N) is 3. The van der Waals surface area contributed by atoms with Crippen LogP contribution in [-0.4, -0.2) is 27.8 Å². The average Bonchev–Trinajstić information content (AvgIpc) is 2.95. The molecule has 0 unspecified atom stereocenters. The first kappa shape index (κ1) is 23.7. The quantitative estimate of drug-likeness (QED) is 0.341. The van der Waals surface area contributed by atoms with E-state index in [1.807, 2.05) is 54.6 Å². The Morgan fingerprint density at radius 3 is 2.38 bits per heavy atom. The fourth-order valence-electron chi connectivity index (χ4n) is 3.89. The van der Waals surface area contributed by atoms with E-state index in [1.54, 1.807) is 49.7 Å². The molecule has 2 heterocycles. The minimum atomic E-state index is -0.380. The molecule has 2 aromatic heterocycles. The van der Waals surface area contributed by atoms with E-state index in [-0.39, 0.29) is 30.2 Å². The van der Waals surface area contributed by atoms with E-state index in [1.165, 1.54) is 4.68 Å². The van der Waals surface area contributed by atoms with Gasteiger partial charge < -0.3 is 14.8 Å². The van der Waals surface area contributed by atoms with Gasteiger partial charge in [0, 0.05) is 30.3 Å². The third kappa shape index (κ3) is 5.48. The van der Waals surface area contributed by atoms with Crippen molar-refractivity contribution in [3.8, 4) is 17.4 Å². The molecule has 184 valence electrons. The van der Waals surface area contributed by atoms with Crippen LogP contribution in [0.3, 0.4) is 0 Å². The van der Waals surface area contributed by atoms with E-state index in [0.29, 0.717) is 28.2 Å². The molecule has 0 radical (unpaired) electrons. The van der Waals surface area contributed by atoms with Gasteiger partial charge in [0.1, 0.15) is 11.5 Å². The van der Waals surface area contributed by atoms with Crippen molar-refractivity contribution < 1.29 is 14.3 Å². The van der Waals surface area contributed by atoms with E-state index < -0.39 is 0 Å². The molecule has 0 saturated carbocycles. The van der Waals surface area contributed by atoms with Gasteiger partial charge in [0.05, 0.1) is 19.0 Å². The number of ether oxygens (including phenoxy) is 2. The Hall–Kier alpha value is -4.98. The van der Waals surface area contributed by atoms with Gasteiger partial charge in [-0.25, -0.2) is 9.67 Å². The summed E-state index contributed by atoms with van der Waals surface area (Å²) in [5, 5.41) is 8.27. The summed E-state index contributed by atoms with van der Waals surface area (Å²) in [6, 6.07) is 27.3. The molecule has 0 fully saturated rings. The number of hydrogen-bond acceptors (Lipinski definition) is 6. The third-order valence-corrected chi connectivity index (χ3v) is 5.77. The highest BCUT2D eigenvalue weighted by atomic mass is 16.5. The van der Waals surface area contributed by atoms with Crippen LogP contribution >= 0.6 is 0 Å². The summed E-state index contributed by atoms with van der Waals surface area (Å²) in [5.41, 5.74) is 1.65. The molecule has 0 aliphatic rings. The van der Waals surface area contributed by atoms with Gasteiger partial charge >= 0.3 is 0 Å². The number of aromatic nitrogens is 3. The van der Waals surface area contributed by atoms with E-state index in [2.05, 4.69) is 15.4 Å². The van der Waals surface area contributed by atoms with Crippen molar-refractivity contribution in [3.05, 3.63) is 124 Å². The molecule has 8 nitrogen and oxygen atoms in total. The zero-order chi connectivity index (χ0) is 25.6. The molecule has 8 heteroatoms. The van der Waals surface area contributed by atoms with Crippen molar-refractivity contribution in [2.75, 3.05) is 7.11 Å². The number of pyridine rings is 1. The van der Waals surface area contributed by atoms with Gasteiger partial charge in [0.15, 0.2) is 5.69 Å². The summed E-state index contributed by atoms with van der Waals surface area (Å²) >= 11 is 0. The molecule has 37 heavy (non-hydrogen) atoms. The molecule has 5 aromatic rings. The summed E-state index contributed by atoms with van der Waals surface area (Å²) in [6.45, 7) is 0.503. The maximum atomic E-state index is 13.2. The van der Waals surface area contributed by atoms with Crippen LogP contribution in [0.15, 0.2) is 102 Å². The molecule has 5 rings (SSSR count). The first-order valence-corrected chi connectivity index (χ1v) is 11.7. The normalized spacial score (nSPS) is 10.7. The van der Waals surface area contributed by atoms with Gasteiger partial charge in [-0.1, -0.05) is 60.7 Å². The zero-order valence-corrected chi connectivity index (χ0v) is 20.1. The van der Waals surface area contributed by atoms with Crippen LogP contribution in [0.4, 0.5) is 0 Å². The van der Waals surface area contributed by atoms with E-state index >= 15 is 0 Å². The smallest absolute Gasteiger partial charge is 0.274 e. The van der Waals surface area contributed by atoms with Crippen LogP contribution in [0.2, 0.25) is 0 Å². The number of benzene rings is 3. The van der Waals surface area contributed by atoms with E-state index in [0.717, 1.165) is 11.1 Å². The van der Waals surface area contributed by atoms with Crippen LogP contribution < -0.4 is 20.3 Å². The van der Waals surface area contributed by atoms with Crippen molar-refractivity contribution in [3.63, 3.8) is 0 Å². The fourth-order valence-corrected chi connectivity index (χ4v) is 3.89.